The number of aliphatic hydroxyl groups is 1. The molecule has 2 rings (SSSR count). The van der Waals surface area contributed by atoms with Gasteiger partial charge in [-0.2, -0.15) is 0 Å². The molecule has 2 fully saturated rings. The first-order chi connectivity index (χ1) is 8.06. The molecule has 0 saturated carbocycles. The van der Waals surface area contributed by atoms with Crippen molar-refractivity contribution in [1.82, 2.24) is 10.2 Å². The van der Waals surface area contributed by atoms with E-state index in [-0.39, 0.29) is 11.5 Å². The maximum absolute atomic E-state index is 12.7. The van der Waals surface area contributed by atoms with Crippen LogP contribution in [0, 0.1) is 11.3 Å². The minimum Gasteiger partial charge on any atom is -0.393 e. The molecule has 2 N–H and O–H groups in total. The molecule has 0 aliphatic carbocycles. The fourth-order valence-electron chi connectivity index (χ4n) is 3.02. The zero-order valence-electron chi connectivity index (χ0n) is 10.9. The number of hydrogen-bond acceptors (Lipinski definition) is 3. The van der Waals surface area contributed by atoms with Gasteiger partial charge in [0.2, 0.25) is 5.91 Å². The molecule has 17 heavy (non-hydrogen) atoms. The van der Waals surface area contributed by atoms with Crippen molar-refractivity contribution in [2.24, 2.45) is 11.3 Å². The van der Waals surface area contributed by atoms with Crippen molar-refractivity contribution in [2.75, 3.05) is 26.2 Å². The van der Waals surface area contributed by atoms with Crippen molar-refractivity contribution in [3.8, 4) is 0 Å². The van der Waals surface area contributed by atoms with E-state index in [1.807, 2.05) is 4.90 Å². The average molecular weight is 240 g/mol. The first-order valence-corrected chi connectivity index (χ1v) is 6.74. The van der Waals surface area contributed by atoms with Crippen molar-refractivity contribution in [1.29, 1.82) is 0 Å². The van der Waals surface area contributed by atoms with Crippen LogP contribution in [0.2, 0.25) is 0 Å². The second-order valence-corrected chi connectivity index (χ2v) is 5.76. The highest BCUT2D eigenvalue weighted by molar-refractivity contribution is 5.83. The number of hydrogen-bond donors (Lipinski definition) is 2. The Kier molecular flexibility index (Phi) is 3.73. The van der Waals surface area contributed by atoms with Crippen molar-refractivity contribution in [3.05, 3.63) is 0 Å². The van der Waals surface area contributed by atoms with Crippen molar-refractivity contribution in [2.45, 2.75) is 39.2 Å². The van der Waals surface area contributed by atoms with Crippen molar-refractivity contribution >= 4 is 5.91 Å². The average Bonchev–Trinajstić information content (AvgIpc) is 2.79. The summed E-state index contributed by atoms with van der Waals surface area (Å²) in [5.41, 5.74) is -0.206. The van der Waals surface area contributed by atoms with Crippen LogP contribution in [0.1, 0.15) is 33.1 Å². The van der Waals surface area contributed by atoms with E-state index in [1.54, 1.807) is 0 Å². The number of nitrogens with zero attached hydrogens (tertiary/aromatic N) is 1. The summed E-state index contributed by atoms with van der Waals surface area (Å²) in [6.45, 7) is 7.47. The molecule has 2 heterocycles. The smallest absolute Gasteiger partial charge is 0.230 e. The van der Waals surface area contributed by atoms with Crippen LogP contribution in [0.5, 0.6) is 0 Å². The molecule has 0 spiro atoms. The van der Waals surface area contributed by atoms with Gasteiger partial charge in [0.15, 0.2) is 0 Å². The van der Waals surface area contributed by atoms with Gasteiger partial charge in [-0.05, 0) is 31.7 Å². The third-order valence-corrected chi connectivity index (χ3v) is 4.47. The van der Waals surface area contributed by atoms with Gasteiger partial charge in [-0.15, -0.1) is 0 Å². The van der Waals surface area contributed by atoms with Gasteiger partial charge in [0.25, 0.3) is 0 Å². The van der Waals surface area contributed by atoms with Crippen molar-refractivity contribution < 1.29 is 9.90 Å². The molecule has 4 nitrogen and oxygen atoms in total. The highest BCUT2D eigenvalue weighted by Crippen LogP contribution is 2.36. The number of likely N-dealkylation sites (tertiary alicyclic amines) is 1. The Hall–Kier alpha value is -0.610. The van der Waals surface area contributed by atoms with Crippen LogP contribution < -0.4 is 5.32 Å². The fourth-order valence-corrected chi connectivity index (χ4v) is 3.02. The molecule has 2 saturated heterocycles. The maximum atomic E-state index is 12.7. The lowest BCUT2D eigenvalue weighted by Gasteiger charge is -2.39. The van der Waals surface area contributed by atoms with Gasteiger partial charge in [-0.1, -0.05) is 13.8 Å². The van der Waals surface area contributed by atoms with Gasteiger partial charge in [0.1, 0.15) is 0 Å². The molecule has 2 aliphatic rings. The molecule has 4 heteroatoms. The highest BCUT2D eigenvalue weighted by atomic mass is 16.3. The van der Waals surface area contributed by atoms with Crippen LogP contribution in [-0.4, -0.2) is 48.2 Å². The van der Waals surface area contributed by atoms with E-state index in [1.165, 1.54) is 0 Å². The molecule has 0 aromatic heterocycles. The Morgan fingerprint density at radius 3 is 2.53 bits per heavy atom. The molecular weight excluding hydrogens is 216 g/mol. The molecule has 98 valence electrons. The summed E-state index contributed by atoms with van der Waals surface area (Å²) in [7, 11) is 0. The number of rotatable bonds is 2. The van der Waals surface area contributed by atoms with Crippen LogP contribution in [0.25, 0.3) is 0 Å². The van der Waals surface area contributed by atoms with Crippen LogP contribution in [0.3, 0.4) is 0 Å². The van der Waals surface area contributed by atoms with E-state index in [0.29, 0.717) is 24.9 Å². The van der Waals surface area contributed by atoms with E-state index in [2.05, 4.69) is 19.2 Å². The van der Waals surface area contributed by atoms with E-state index >= 15 is 0 Å². The SMILES string of the molecule is CC(C)C1(C(=O)N2CCC(O)CC2)CCNC1. The Bertz CT molecular complexity index is 277. The largest absolute Gasteiger partial charge is 0.393 e. The van der Waals surface area contributed by atoms with Crippen LogP contribution in [0.15, 0.2) is 0 Å². The number of carbonyl (C=O) groups is 1. The normalized spacial score (nSPS) is 31.2. The predicted octanol–water partition coefficient (Wildman–Crippen LogP) is 0.605. The summed E-state index contributed by atoms with van der Waals surface area (Å²) < 4.78 is 0. The Labute approximate surface area is 103 Å². The van der Waals surface area contributed by atoms with Crippen LogP contribution in [0.4, 0.5) is 0 Å². The Morgan fingerprint density at radius 2 is 2.06 bits per heavy atom. The molecule has 0 radical (unpaired) electrons. The predicted molar refractivity (Wildman–Crippen MR) is 66.6 cm³/mol. The quantitative estimate of drug-likeness (QED) is 0.743. The summed E-state index contributed by atoms with van der Waals surface area (Å²) in [6, 6.07) is 0. The Morgan fingerprint density at radius 1 is 1.41 bits per heavy atom. The highest BCUT2D eigenvalue weighted by Gasteiger charge is 2.46. The Balaban J connectivity index is 2.07. The maximum Gasteiger partial charge on any atom is 0.230 e. The third kappa shape index (κ3) is 2.33. The van der Waals surface area contributed by atoms with E-state index in [9.17, 15) is 9.90 Å². The molecule has 0 bridgehead atoms. The zero-order chi connectivity index (χ0) is 12.5. The van der Waals surface area contributed by atoms with E-state index in [0.717, 1.165) is 32.4 Å². The topological polar surface area (TPSA) is 52.6 Å². The minimum absolute atomic E-state index is 0.206. The second-order valence-electron chi connectivity index (χ2n) is 5.76. The first kappa shape index (κ1) is 12.8. The summed E-state index contributed by atoms with van der Waals surface area (Å²) in [5, 5.41) is 12.8. The van der Waals surface area contributed by atoms with Crippen LogP contribution in [-0.2, 0) is 4.79 Å². The summed E-state index contributed by atoms with van der Waals surface area (Å²) in [6.07, 6.45) is 2.19. The number of aliphatic hydroxyl groups excluding tert-OH is 1. The zero-order valence-corrected chi connectivity index (χ0v) is 10.9. The lowest BCUT2D eigenvalue weighted by Crippen LogP contribution is -2.51. The molecule has 1 atom stereocenters. The fraction of sp³-hybridized carbons (Fsp3) is 0.923. The van der Waals surface area contributed by atoms with Crippen LogP contribution >= 0.6 is 0 Å². The molecule has 2 aliphatic heterocycles. The number of amides is 1. The van der Waals surface area contributed by atoms with Crippen molar-refractivity contribution in [3.63, 3.8) is 0 Å². The van der Waals surface area contributed by atoms with Gasteiger partial charge < -0.3 is 15.3 Å². The lowest BCUT2D eigenvalue weighted by molar-refractivity contribution is -0.145. The van der Waals surface area contributed by atoms with Gasteiger partial charge in [-0.3, -0.25) is 4.79 Å². The summed E-state index contributed by atoms with van der Waals surface area (Å²) in [4.78, 5) is 14.6. The first-order valence-electron chi connectivity index (χ1n) is 6.74. The molecular formula is C13H24N2O2. The molecule has 1 amide bonds. The van der Waals surface area contributed by atoms with E-state index in [4.69, 9.17) is 0 Å². The molecule has 0 aromatic carbocycles. The van der Waals surface area contributed by atoms with Gasteiger partial charge in [0, 0.05) is 19.6 Å². The van der Waals surface area contributed by atoms with E-state index < -0.39 is 0 Å². The summed E-state index contributed by atoms with van der Waals surface area (Å²) in [5.74, 6) is 0.668. The monoisotopic (exact) mass is 240 g/mol. The molecule has 0 aromatic rings. The van der Waals surface area contributed by atoms with Gasteiger partial charge >= 0.3 is 0 Å². The number of carbonyl (C=O) groups excluding carboxylic acids is 1. The van der Waals surface area contributed by atoms with Gasteiger partial charge in [-0.25, -0.2) is 0 Å². The second kappa shape index (κ2) is 4.94. The summed E-state index contributed by atoms with van der Waals surface area (Å²) >= 11 is 0. The number of nitrogens with one attached hydrogen (secondary N) is 1. The third-order valence-electron chi connectivity index (χ3n) is 4.47. The standard InChI is InChI=1S/C13H24N2O2/c1-10(2)13(5-6-14-9-13)12(17)15-7-3-11(16)4-8-15/h10-11,14,16H,3-9H2,1-2H3. The molecule has 1 unspecified atom stereocenters. The number of piperidine rings is 1. The minimum atomic E-state index is -0.212. The lowest BCUT2D eigenvalue weighted by atomic mass is 9.75. The van der Waals surface area contributed by atoms with Gasteiger partial charge in [0.05, 0.1) is 11.5 Å².